The number of aryl methyl sites for hydroxylation is 1. The zero-order valence-electron chi connectivity index (χ0n) is 17.3. The maximum atomic E-state index is 12.1. The van der Waals surface area contributed by atoms with Crippen molar-refractivity contribution in [2.45, 2.75) is 19.4 Å². The number of hydrogen-bond donors (Lipinski definition) is 4. The van der Waals surface area contributed by atoms with Gasteiger partial charge in [-0.05, 0) is 42.9 Å². The number of nitrogens with zero attached hydrogens (tertiary/aromatic N) is 2. The Bertz CT molecular complexity index is 1230. The third-order valence-electron chi connectivity index (χ3n) is 6.43. The molecule has 2 aliphatic carbocycles. The Morgan fingerprint density at radius 3 is 2.81 bits per heavy atom. The molecule has 0 saturated heterocycles. The maximum absolute atomic E-state index is 12.1. The van der Waals surface area contributed by atoms with E-state index < -0.39 is 0 Å². The summed E-state index contributed by atoms with van der Waals surface area (Å²) < 4.78 is 0. The number of amides is 2. The Balaban J connectivity index is 1.54. The standard InChI is InChI=1S/C23H24N6O2/c1-11-10-26-22-19(17(11)27-18-13-7-6-12(8-13)16(18)20(24)30)28-21(29-22)14-4-3-5-15(9-14)23(31)25-2/h3-7,9-10,12-13,16,18H,8H2,1-2H3,(H2,24,30)(H,25,31)(H2,26,27,28,29). The Kier molecular flexibility index (Phi) is 4.50. The van der Waals surface area contributed by atoms with E-state index in [4.69, 9.17) is 5.73 Å². The molecule has 5 N–H and O–H groups in total. The number of fused-ring (bicyclic) bond motifs is 3. The van der Waals surface area contributed by atoms with E-state index in [9.17, 15) is 9.59 Å². The number of allylic oxidation sites excluding steroid dienone is 1. The minimum Gasteiger partial charge on any atom is -0.379 e. The molecule has 2 aromatic heterocycles. The first-order valence-electron chi connectivity index (χ1n) is 10.4. The monoisotopic (exact) mass is 416 g/mol. The van der Waals surface area contributed by atoms with Crippen molar-refractivity contribution in [1.29, 1.82) is 0 Å². The highest BCUT2D eigenvalue weighted by Gasteiger charge is 2.47. The number of pyridine rings is 1. The summed E-state index contributed by atoms with van der Waals surface area (Å²) in [5.41, 5.74) is 10.3. The Hall–Kier alpha value is -3.68. The van der Waals surface area contributed by atoms with Crippen LogP contribution in [-0.2, 0) is 4.79 Å². The Labute approximate surface area is 179 Å². The molecule has 4 atom stereocenters. The van der Waals surface area contributed by atoms with Gasteiger partial charge in [-0.1, -0.05) is 24.3 Å². The number of rotatable bonds is 5. The minimum absolute atomic E-state index is 0.0554. The summed E-state index contributed by atoms with van der Waals surface area (Å²) in [5, 5.41) is 6.23. The average molecular weight is 416 g/mol. The predicted molar refractivity (Wildman–Crippen MR) is 118 cm³/mol. The van der Waals surface area contributed by atoms with E-state index in [2.05, 4.69) is 37.7 Å². The van der Waals surface area contributed by atoms with E-state index in [1.165, 1.54) is 0 Å². The molecule has 1 saturated carbocycles. The van der Waals surface area contributed by atoms with Gasteiger partial charge in [-0.25, -0.2) is 9.97 Å². The molecular weight excluding hydrogens is 392 g/mol. The zero-order chi connectivity index (χ0) is 21.7. The molecule has 1 aromatic carbocycles. The number of benzene rings is 1. The SMILES string of the molecule is CNC(=O)c1cccc(-c2nc3ncc(C)c(NC4C5C=CC(C5)C4C(N)=O)c3[nH]2)c1. The van der Waals surface area contributed by atoms with Gasteiger partial charge in [0, 0.05) is 30.4 Å². The van der Waals surface area contributed by atoms with Crippen LogP contribution >= 0.6 is 0 Å². The van der Waals surface area contributed by atoms with E-state index >= 15 is 0 Å². The highest BCUT2D eigenvalue weighted by atomic mass is 16.2. The maximum Gasteiger partial charge on any atom is 0.251 e. The number of anilines is 1. The van der Waals surface area contributed by atoms with Crippen LogP contribution < -0.4 is 16.4 Å². The Morgan fingerprint density at radius 1 is 1.23 bits per heavy atom. The van der Waals surface area contributed by atoms with Crippen molar-refractivity contribution in [2.75, 3.05) is 12.4 Å². The summed E-state index contributed by atoms with van der Waals surface area (Å²) in [7, 11) is 1.60. The summed E-state index contributed by atoms with van der Waals surface area (Å²) in [6, 6.07) is 7.21. The topological polar surface area (TPSA) is 126 Å². The summed E-state index contributed by atoms with van der Waals surface area (Å²) in [6.07, 6.45) is 7.01. The smallest absolute Gasteiger partial charge is 0.251 e. The van der Waals surface area contributed by atoms with E-state index in [1.54, 1.807) is 25.4 Å². The van der Waals surface area contributed by atoms with Crippen LogP contribution in [0.5, 0.6) is 0 Å². The van der Waals surface area contributed by atoms with Crippen LogP contribution in [0.25, 0.3) is 22.6 Å². The first kappa shape index (κ1) is 19.3. The molecule has 8 heteroatoms. The number of H-pyrrole nitrogens is 1. The summed E-state index contributed by atoms with van der Waals surface area (Å²) in [6.45, 7) is 1.98. The van der Waals surface area contributed by atoms with Gasteiger partial charge in [0.05, 0.1) is 11.6 Å². The van der Waals surface area contributed by atoms with Crippen molar-refractivity contribution < 1.29 is 9.59 Å². The highest BCUT2D eigenvalue weighted by Crippen LogP contribution is 2.45. The molecule has 4 unspecified atom stereocenters. The van der Waals surface area contributed by atoms with Crippen molar-refractivity contribution in [2.24, 2.45) is 23.5 Å². The Morgan fingerprint density at radius 2 is 2.03 bits per heavy atom. The van der Waals surface area contributed by atoms with Crippen molar-refractivity contribution in [3.05, 3.63) is 53.7 Å². The lowest BCUT2D eigenvalue weighted by atomic mass is 9.88. The van der Waals surface area contributed by atoms with Crippen LogP contribution in [0, 0.1) is 24.7 Å². The van der Waals surface area contributed by atoms with E-state index in [1.807, 2.05) is 19.1 Å². The highest BCUT2D eigenvalue weighted by molar-refractivity contribution is 5.95. The molecule has 2 aliphatic rings. The number of nitrogens with one attached hydrogen (secondary N) is 3. The van der Waals surface area contributed by atoms with Crippen LogP contribution in [-0.4, -0.2) is 39.9 Å². The molecule has 31 heavy (non-hydrogen) atoms. The lowest BCUT2D eigenvalue weighted by molar-refractivity contribution is -0.122. The van der Waals surface area contributed by atoms with Crippen molar-refractivity contribution in [1.82, 2.24) is 20.3 Å². The van der Waals surface area contributed by atoms with Crippen LogP contribution in [0.15, 0.2) is 42.6 Å². The second kappa shape index (κ2) is 7.23. The molecule has 2 amide bonds. The molecule has 8 nitrogen and oxygen atoms in total. The molecule has 5 rings (SSSR count). The largest absolute Gasteiger partial charge is 0.379 e. The molecule has 1 fully saturated rings. The molecule has 158 valence electrons. The number of hydrogen-bond acceptors (Lipinski definition) is 5. The van der Waals surface area contributed by atoms with Crippen molar-refractivity contribution in [3.63, 3.8) is 0 Å². The third kappa shape index (κ3) is 3.15. The van der Waals surface area contributed by atoms with Gasteiger partial charge >= 0.3 is 0 Å². The molecule has 0 radical (unpaired) electrons. The quantitative estimate of drug-likeness (QED) is 0.475. The number of carbonyl (C=O) groups is 2. The molecule has 3 aromatic rings. The molecule has 0 spiro atoms. The second-order valence-electron chi connectivity index (χ2n) is 8.31. The number of imidazole rings is 1. The van der Waals surface area contributed by atoms with Gasteiger partial charge < -0.3 is 21.4 Å². The number of aromatic amines is 1. The number of nitrogens with two attached hydrogens (primary N) is 1. The summed E-state index contributed by atoms with van der Waals surface area (Å²) in [5.74, 6) is 0.439. The number of carbonyl (C=O) groups excluding carboxylic acids is 2. The van der Waals surface area contributed by atoms with E-state index in [0.717, 1.165) is 28.8 Å². The number of aromatic nitrogens is 3. The predicted octanol–water partition coefficient (Wildman–Crippen LogP) is 2.38. The van der Waals surface area contributed by atoms with Gasteiger partial charge in [0.2, 0.25) is 5.91 Å². The average Bonchev–Trinajstić information content (AvgIpc) is 3.49. The summed E-state index contributed by atoms with van der Waals surface area (Å²) >= 11 is 0. The van der Waals surface area contributed by atoms with Crippen molar-refractivity contribution >= 4 is 28.7 Å². The van der Waals surface area contributed by atoms with E-state index in [-0.39, 0.29) is 35.6 Å². The van der Waals surface area contributed by atoms with Crippen molar-refractivity contribution in [3.8, 4) is 11.4 Å². The third-order valence-corrected chi connectivity index (χ3v) is 6.43. The van der Waals surface area contributed by atoms with E-state index in [0.29, 0.717) is 17.0 Å². The second-order valence-corrected chi connectivity index (χ2v) is 8.31. The molecule has 2 bridgehead atoms. The van der Waals surface area contributed by atoms with Gasteiger partial charge in [0.15, 0.2) is 5.65 Å². The van der Waals surface area contributed by atoms with Crippen LogP contribution in [0.2, 0.25) is 0 Å². The number of primary amides is 1. The summed E-state index contributed by atoms with van der Waals surface area (Å²) in [4.78, 5) is 36.6. The van der Waals surface area contributed by atoms with Gasteiger partial charge in [-0.2, -0.15) is 0 Å². The molecular formula is C23H24N6O2. The lowest BCUT2D eigenvalue weighted by Crippen LogP contribution is -2.41. The minimum atomic E-state index is -0.270. The van der Waals surface area contributed by atoms with Crippen LogP contribution in [0.4, 0.5) is 5.69 Å². The first-order valence-corrected chi connectivity index (χ1v) is 10.4. The van der Waals surface area contributed by atoms with Gasteiger partial charge in [0.25, 0.3) is 5.91 Å². The first-order chi connectivity index (χ1) is 15.0. The van der Waals surface area contributed by atoms with Gasteiger partial charge in [0.1, 0.15) is 11.3 Å². The van der Waals surface area contributed by atoms with Crippen LogP contribution in [0.1, 0.15) is 22.3 Å². The normalized spacial score (nSPS) is 23.9. The fourth-order valence-corrected chi connectivity index (χ4v) is 4.90. The fourth-order valence-electron chi connectivity index (χ4n) is 4.90. The molecule has 2 heterocycles. The van der Waals surface area contributed by atoms with Crippen LogP contribution in [0.3, 0.4) is 0 Å². The van der Waals surface area contributed by atoms with Gasteiger partial charge in [-0.3, -0.25) is 9.59 Å². The fraction of sp³-hybridized carbons (Fsp3) is 0.304. The zero-order valence-corrected chi connectivity index (χ0v) is 17.3. The lowest BCUT2D eigenvalue weighted by Gasteiger charge is -2.28. The van der Waals surface area contributed by atoms with Gasteiger partial charge in [-0.15, -0.1) is 0 Å². The molecule has 0 aliphatic heterocycles.